The Balaban J connectivity index is 1.32. The Morgan fingerprint density at radius 1 is 1.15 bits per heavy atom. The molecule has 4 rings (SSSR count). The molecule has 2 aliphatic heterocycles. The fraction of sp³-hybridized carbons (Fsp3) is 0.714. The van der Waals surface area contributed by atoms with Crippen molar-refractivity contribution >= 4 is 11.6 Å². The van der Waals surface area contributed by atoms with Crippen LogP contribution >= 0.6 is 11.6 Å². The third-order valence-corrected chi connectivity index (χ3v) is 6.85. The minimum Gasteiger partial charge on any atom is -0.492 e. The van der Waals surface area contributed by atoms with Crippen molar-refractivity contribution in [2.45, 2.75) is 20.3 Å². The molecule has 2 atom stereocenters. The number of fused-ring (bicyclic) bond motifs is 1. The minimum absolute atomic E-state index is 0.470. The Labute approximate surface area is 162 Å². The van der Waals surface area contributed by atoms with Crippen LogP contribution in [-0.4, -0.2) is 68.9 Å². The van der Waals surface area contributed by atoms with Crippen molar-refractivity contribution in [2.24, 2.45) is 16.7 Å². The summed E-state index contributed by atoms with van der Waals surface area (Å²) in [5, 5.41) is 0.751. The van der Waals surface area contributed by atoms with Crippen LogP contribution in [0.25, 0.3) is 0 Å². The molecule has 1 saturated carbocycles. The predicted octanol–water partition coefficient (Wildman–Crippen LogP) is 3.40. The molecule has 5 heteroatoms. The van der Waals surface area contributed by atoms with Crippen LogP contribution < -0.4 is 4.74 Å². The third-order valence-electron chi connectivity index (χ3n) is 6.60. The Morgan fingerprint density at radius 2 is 1.88 bits per heavy atom. The molecule has 4 nitrogen and oxygen atoms in total. The summed E-state index contributed by atoms with van der Waals surface area (Å²) in [7, 11) is 0. The maximum Gasteiger partial charge on any atom is 0.119 e. The maximum absolute atomic E-state index is 5.93. The first-order valence-electron chi connectivity index (χ1n) is 9.88. The van der Waals surface area contributed by atoms with Crippen molar-refractivity contribution in [3.05, 3.63) is 29.3 Å². The summed E-state index contributed by atoms with van der Waals surface area (Å²) in [6, 6.07) is 7.65. The topological polar surface area (TPSA) is 24.9 Å². The molecule has 0 bridgehead atoms. The summed E-state index contributed by atoms with van der Waals surface area (Å²) in [5.74, 6) is 1.70. The average Bonchev–Trinajstić information content (AvgIpc) is 2.91. The number of rotatable bonds is 6. The number of morpholine rings is 1. The second kappa shape index (κ2) is 7.31. The monoisotopic (exact) mass is 378 g/mol. The van der Waals surface area contributed by atoms with Gasteiger partial charge in [0.25, 0.3) is 0 Å². The van der Waals surface area contributed by atoms with E-state index in [2.05, 4.69) is 23.6 Å². The summed E-state index contributed by atoms with van der Waals surface area (Å²) in [4.78, 5) is 5.25. The molecule has 1 aromatic carbocycles. The van der Waals surface area contributed by atoms with E-state index in [0.29, 0.717) is 10.8 Å². The Bertz CT molecular complexity index is 615. The predicted molar refractivity (Wildman–Crippen MR) is 105 cm³/mol. The van der Waals surface area contributed by atoms with E-state index in [1.54, 1.807) is 0 Å². The minimum atomic E-state index is 0.470. The summed E-state index contributed by atoms with van der Waals surface area (Å²) < 4.78 is 11.5. The number of hydrogen-bond donors (Lipinski definition) is 0. The Kier molecular flexibility index (Phi) is 5.21. The molecular weight excluding hydrogens is 348 g/mol. The van der Waals surface area contributed by atoms with E-state index in [9.17, 15) is 0 Å². The van der Waals surface area contributed by atoms with E-state index in [-0.39, 0.29) is 0 Å². The van der Waals surface area contributed by atoms with Crippen molar-refractivity contribution in [1.29, 1.82) is 0 Å². The van der Waals surface area contributed by atoms with Gasteiger partial charge >= 0.3 is 0 Å². The molecule has 26 heavy (non-hydrogen) atoms. The van der Waals surface area contributed by atoms with Crippen molar-refractivity contribution in [3.63, 3.8) is 0 Å². The third kappa shape index (κ3) is 3.75. The fourth-order valence-corrected chi connectivity index (χ4v) is 5.77. The molecule has 1 aromatic rings. The van der Waals surface area contributed by atoms with E-state index in [0.717, 1.165) is 56.1 Å². The van der Waals surface area contributed by atoms with Gasteiger partial charge in [-0.15, -0.1) is 0 Å². The van der Waals surface area contributed by atoms with Crippen LogP contribution in [-0.2, 0) is 4.74 Å². The van der Waals surface area contributed by atoms with Crippen LogP contribution in [0.2, 0.25) is 5.02 Å². The van der Waals surface area contributed by atoms with Crippen LogP contribution in [0.3, 0.4) is 0 Å². The molecular formula is C21H31ClN2O2. The van der Waals surface area contributed by atoms with Gasteiger partial charge in [-0.2, -0.15) is 0 Å². The first kappa shape index (κ1) is 18.5. The quantitative estimate of drug-likeness (QED) is 0.757. The van der Waals surface area contributed by atoms with Crippen LogP contribution in [0, 0.1) is 16.7 Å². The molecule has 0 unspecified atom stereocenters. The standard InChI is InChI=1S/C21H31ClN2O2/c1-20(2)14-21(15-23-7-10-25-11-8-23)16-24(13-19(20)21)9-12-26-18-5-3-17(22)4-6-18/h3-6,19H,7-16H2,1-2H3/t19-,21+/m1/s1. The van der Waals surface area contributed by atoms with Gasteiger partial charge in [-0.3, -0.25) is 9.80 Å². The largest absolute Gasteiger partial charge is 0.492 e. The molecule has 0 amide bonds. The summed E-state index contributed by atoms with van der Waals surface area (Å²) in [6.45, 7) is 14.3. The normalized spacial score (nSPS) is 31.4. The molecule has 0 aromatic heterocycles. The van der Waals surface area contributed by atoms with E-state index in [4.69, 9.17) is 21.1 Å². The van der Waals surface area contributed by atoms with Gasteiger partial charge in [-0.25, -0.2) is 0 Å². The van der Waals surface area contributed by atoms with Gasteiger partial charge < -0.3 is 9.47 Å². The summed E-state index contributed by atoms with van der Waals surface area (Å²) >= 11 is 5.93. The van der Waals surface area contributed by atoms with Gasteiger partial charge in [0.1, 0.15) is 12.4 Å². The van der Waals surface area contributed by atoms with Gasteiger partial charge in [-0.05, 0) is 42.0 Å². The number of ether oxygens (including phenoxy) is 2. The van der Waals surface area contributed by atoms with Crippen molar-refractivity contribution in [1.82, 2.24) is 9.80 Å². The summed E-state index contributed by atoms with van der Waals surface area (Å²) in [6.07, 6.45) is 1.34. The van der Waals surface area contributed by atoms with Gasteiger partial charge in [-0.1, -0.05) is 25.4 Å². The maximum atomic E-state index is 5.93. The zero-order valence-electron chi connectivity index (χ0n) is 16.0. The molecule has 3 aliphatic rings. The lowest BCUT2D eigenvalue weighted by Crippen LogP contribution is -2.59. The second-order valence-corrected chi connectivity index (χ2v) is 9.44. The van der Waals surface area contributed by atoms with Crippen LogP contribution in [0.1, 0.15) is 20.3 Å². The van der Waals surface area contributed by atoms with E-state index in [1.807, 2.05) is 24.3 Å². The highest BCUT2D eigenvalue weighted by Crippen LogP contribution is 2.62. The number of nitrogens with zero attached hydrogens (tertiary/aromatic N) is 2. The fourth-order valence-electron chi connectivity index (χ4n) is 5.64. The van der Waals surface area contributed by atoms with Crippen LogP contribution in [0.4, 0.5) is 0 Å². The van der Waals surface area contributed by atoms with Crippen molar-refractivity contribution < 1.29 is 9.47 Å². The van der Waals surface area contributed by atoms with E-state index >= 15 is 0 Å². The molecule has 2 saturated heterocycles. The molecule has 2 heterocycles. The van der Waals surface area contributed by atoms with Crippen molar-refractivity contribution in [2.75, 3.05) is 59.1 Å². The van der Waals surface area contributed by atoms with Crippen molar-refractivity contribution in [3.8, 4) is 5.75 Å². The number of benzene rings is 1. The van der Waals surface area contributed by atoms with Gasteiger partial charge in [0.2, 0.25) is 0 Å². The highest BCUT2D eigenvalue weighted by molar-refractivity contribution is 6.30. The highest BCUT2D eigenvalue weighted by Gasteiger charge is 2.62. The summed E-state index contributed by atoms with van der Waals surface area (Å²) in [5.41, 5.74) is 0.944. The molecule has 0 N–H and O–H groups in total. The smallest absolute Gasteiger partial charge is 0.119 e. The molecule has 3 fully saturated rings. The first-order chi connectivity index (χ1) is 12.5. The highest BCUT2D eigenvalue weighted by atomic mass is 35.5. The first-order valence-corrected chi connectivity index (χ1v) is 10.3. The zero-order valence-corrected chi connectivity index (χ0v) is 16.8. The van der Waals surface area contributed by atoms with E-state index in [1.165, 1.54) is 26.1 Å². The molecule has 0 radical (unpaired) electrons. The van der Waals surface area contributed by atoms with Crippen LogP contribution in [0.5, 0.6) is 5.75 Å². The number of halogens is 1. The van der Waals surface area contributed by atoms with Gasteiger partial charge in [0, 0.05) is 49.7 Å². The second-order valence-electron chi connectivity index (χ2n) is 9.01. The zero-order chi connectivity index (χ0) is 18.2. The SMILES string of the molecule is CC1(C)C[C@]2(CN3CCOCC3)CN(CCOc3ccc(Cl)cc3)C[C@H]12. The van der Waals surface area contributed by atoms with Gasteiger partial charge in [0.05, 0.1) is 13.2 Å². The average molecular weight is 379 g/mol. The number of likely N-dealkylation sites (tertiary alicyclic amines) is 1. The lowest BCUT2D eigenvalue weighted by molar-refractivity contribution is -0.0966. The Morgan fingerprint density at radius 3 is 2.58 bits per heavy atom. The lowest BCUT2D eigenvalue weighted by atomic mass is 9.48. The lowest BCUT2D eigenvalue weighted by Gasteiger charge is -2.58. The van der Waals surface area contributed by atoms with E-state index < -0.39 is 0 Å². The molecule has 144 valence electrons. The van der Waals surface area contributed by atoms with Crippen LogP contribution in [0.15, 0.2) is 24.3 Å². The Hall–Kier alpha value is -0.810. The molecule has 0 spiro atoms. The van der Waals surface area contributed by atoms with Gasteiger partial charge in [0.15, 0.2) is 0 Å². The molecule has 1 aliphatic carbocycles. The number of hydrogen-bond acceptors (Lipinski definition) is 4.